The number of nitrogens with zero attached hydrogens (tertiary/aromatic N) is 5. The van der Waals surface area contributed by atoms with Crippen LogP contribution in [0.4, 0.5) is 0 Å². The Morgan fingerprint density at radius 3 is 2.71 bits per heavy atom. The molecule has 0 fully saturated rings. The van der Waals surface area contributed by atoms with Gasteiger partial charge < -0.3 is 9.84 Å². The van der Waals surface area contributed by atoms with Crippen LogP contribution in [-0.4, -0.2) is 49.3 Å². The van der Waals surface area contributed by atoms with Gasteiger partial charge in [0.2, 0.25) is 0 Å². The molecule has 2 N–H and O–H groups in total. The Hall–Kier alpha value is -4.18. The van der Waals surface area contributed by atoms with Crippen LogP contribution in [0.25, 0.3) is 17.1 Å². The van der Waals surface area contributed by atoms with Gasteiger partial charge in [-0.2, -0.15) is 5.10 Å². The quantitative estimate of drug-likeness (QED) is 0.216. The molecule has 0 aliphatic carbocycles. The van der Waals surface area contributed by atoms with Crippen molar-refractivity contribution in [3.8, 4) is 28.6 Å². The number of aromatic hydroxyl groups is 1. The third-order valence-electron chi connectivity index (χ3n) is 4.62. The van der Waals surface area contributed by atoms with E-state index in [1.165, 1.54) is 18.0 Å². The molecule has 4 rings (SSSR count). The number of hydrazone groups is 1. The maximum atomic E-state index is 12.3. The highest BCUT2D eigenvalue weighted by atomic mass is 32.2. The monoisotopic (exact) mass is 474 g/mol. The number of amides is 1. The number of phenols is 1. The van der Waals surface area contributed by atoms with Crippen molar-refractivity contribution in [3.05, 3.63) is 78.6 Å². The van der Waals surface area contributed by atoms with Crippen molar-refractivity contribution in [2.24, 2.45) is 5.10 Å². The van der Waals surface area contributed by atoms with Crippen molar-refractivity contribution in [3.63, 3.8) is 0 Å². The van der Waals surface area contributed by atoms with E-state index >= 15 is 0 Å². The standard InChI is InChI=1S/C24H22N6O3S/c1-2-33-20-11-9-19(10-12-20)30-23(18-7-5-13-25-14-18)28-29-24(30)34-16-22(32)27-26-15-17-6-3-4-8-21(17)31/h3-15,31H,2,16H2,1H3,(H,27,32)/b26-15+. The molecule has 0 saturated heterocycles. The van der Waals surface area contributed by atoms with E-state index in [-0.39, 0.29) is 17.4 Å². The van der Waals surface area contributed by atoms with Gasteiger partial charge in [0.25, 0.3) is 5.91 Å². The van der Waals surface area contributed by atoms with Crippen molar-refractivity contribution in [2.75, 3.05) is 12.4 Å². The number of aromatic nitrogens is 4. The van der Waals surface area contributed by atoms with Crippen LogP contribution >= 0.6 is 11.8 Å². The van der Waals surface area contributed by atoms with Crippen LogP contribution in [0.2, 0.25) is 0 Å². The molecule has 0 aliphatic heterocycles. The van der Waals surface area contributed by atoms with E-state index in [2.05, 4.69) is 25.7 Å². The second-order valence-corrected chi connectivity index (χ2v) is 7.89. The molecule has 1 amide bonds. The zero-order chi connectivity index (χ0) is 23.8. The molecule has 9 nitrogen and oxygen atoms in total. The summed E-state index contributed by atoms with van der Waals surface area (Å²) in [4.78, 5) is 16.5. The van der Waals surface area contributed by atoms with E-state index in [1.54, 1.807) is 36.7 Å². The molecule has 10 heteroatoms. The third-order valence-corrected chi connectivity index (χ3v) is 5.55. The fourth-order valence-electron chi connectivity index (χ4n) is 3.07. The van der Waals surface area contributed by atoms with Crippen molar-refractivity contribution >= 4 is 23.9 Å². The SMILES string of the molecule is CCOc1ccc(-n2c(SCC(=O)N/N=C/c3ccccc3O)nnc2-c2cccnc2)cc1. The fourth-order valence-corrected chi connectivity index (χ4v) is 3.81. The predicted octanol–water partition coefficient (Wildman–Crippen LogP) is 3.68. The van der Waals surface area contributed by atoms with Gasteiger partial charge in [-0.15, -0.1) is 10.2 Å². The lowest BCUT2D eigenvalue weighted by atomic mass is 10.2. The molecule has 172 valence electrons. The highest BCUT2D eigenvalue weighted by Crippen LogP contribution is 2.28. The Kier molecular flexibility index (Phi) is 7.51. The molecule has 0 spiro atoms. The molecule has 0 unspecified atom stereocenters. The van der Waals surface area contributed by atoms with Gasteiger partial charge in [0.05, 0.1) is 18.6 Å². The number of benzene rings is 2. The second-order valence-electron chi connectivity index (χ2n) is 6.95. The smallest absolute Gasteiger partial charge is 0.250 e. The number of para-hydroxylation sites is 1. The number of ether oxygens (including phenoxy) is 1. The Bertz CT molecular complexity index is 1280. The minimum Gasteiger partial charge on any atom is -0.507 e. The first-order valence-corrected chi connectivity index (χ1v) is 11.5. The molecule has 2 heterocycles. The van der Waals surface area contributed by atoms with E-state index in [9.17, 15) is 9.90 Å². The van der Waals surface area contributed by atoms with Gasteiger partial charge in [-0.25, -0.2) is 5.43 Å². The van der Waals surface area contributed by atoms with Crippen LogP contribution in [-0.2, 0) is 4.79 Å². The summed E-state index contributed by atoms with van der Waals surface area (Å²) in [6.45, 7) is 2.51. The lowest BCUT2D eigenvalue weighted by molar-refractivity contribution is -0.118. The van der Waals surface area contributed by atoms with Crippen molar-refractivity contribution in [2.45, 2.75) is 12.1 Å². The summed E-state index contributed by atoms with van der Waals surface area (Å²) in [5.41, 5.74) is 4.59. The van der Waals surface area contributed by atoms with Gasteiger partial charge in [0, 0.05) is 29.2 Å². The molecular formula is C24H22N6O3S. The number of thioether (sulfide) groups is 1. The normalized spacial score (nSPS) is 11.0. The minimum absolute atomic E-state index is 0.0698. The fraction of sp³-hybridized carbons (Fsp3) is 0.125. The number of carbonyl (C=O) groups excluding carboxylic acids is 1. The van der Waals surface area contributed by atoms with Gasteiger partial charge in [-0.1, -0.05) is 23.9 Å². The first-order valence-electron chi connectivity index (χ1n) is 10.5. The van der Waals surface area contributed by atoms with Gasteiger partial charge in [0.1, 0.15) is 11.5 Å². The number of hydrogen-bond acceptors (Lipinski definition) is 8. The molecule has 2 aromatic carbocycles. The molecule has 0 bridgehead atoms. The molecule has 0 saturated carbocycles. The summed E-state index contributed by atoms with van der Waals surface area (Å²) in [7, 11) is 0. The maximum Gasteiger partial charge on any atom is 0.250 e. The zero-order valence-electron chi connectivity index (χ0n) is 18.3. The first kappa shape index (κ1) is 23.0. The Morgan fingerprint density at radius 1 is 1.15 bits per heavy atom. The third kappa shape index (κ3) is 5.59. The summed E-state index contributed by atoms with van der Waals surface area (Å²) >= 11 is 1.23. The van der Waals surface area contributed by atoms with Crippen molar-refractivity contribution in [1.82, 2.24) is 25.2 Å². The largest absolute Gasteiger partial charge is 0.507 e. The minimum atomic E-state index is -0.319. The molecule has 2 aromatic heterocycles. The molecule has 34 heavy (non-hydrogen) atoms. The zero-order valence-corrected chi connectivity index (χ0v) is 19.1. The Labute approximate surface area is 200 Å². The van der Waals surface area contributed by atoms with Crippen molar-refractivity contribution in [1.29, 1.82) is 0 Å². The number of carbonyl (C=O) groups is 1. The molecular weight excluding hydrogens is 452 g/mol. The molecule has 0 radical (unpaired) electrons. The average Bonchev–Trinajstić information content (AvgIpc) is 3.29. The number of nitrogens with one attached hydrogen (secondary N) is 1. The van der Waals surface area contributed by atoms with Crippen LogP contribution < -0.4 is 10.2 Å². The van der Waals surface area contributed by atoms with Gasteiger partial charge >= 0.3 is 0 Å². The van der Waals surface area contributed by atoms with Crippen LogP contribution in [0, 0.1) is 0 Å². The lowest BCUT2D eigenvalue weighted by Crippen LogP contribution is -2.20. The molecule has 0 atom stereocenters. The second kappa shape index (κ2) is 11.1. The summed E-state index contributed by atoms with van der Waals surface area (Å²) in [5, 5.41) is 22.9. The number of pyridine rings is 1. The van der Waals surface area contributed by atoms with E-state index in [1.807, 2.05) is 47.9 Å². The summed E-state index contributed by atoms with van der Waals surface area (Å²) in [6.07, 6.45) is 4.79. The molecule has 0 aliphatic rings. The number of rotatable bonds is 9. The Balaban J connectivity index is 1.51. The van der Waals surface area contributed by atoms with Gasteiger partial charge in [-0.05, 0) is 55.5 Å². The van der Waals surface area contributed by atoms with Gasteiger partial charge in [0.15, 0.2) is 11.0 Å². The molecule has 4 aromatic rings. The Morgan fingerprint density at radius 2 is 1.97 bits per heavy atom. The predicted molar refractivity (Wildman–Crippen MR) is 130 cm³/mol. The first-order chi connectivity index (χ1) is 16.7. The van der Waals surface area contributed by atoms with E-state index < -0.39 is 0 Å². The highest BCUT2D eigenvalue weighted by molar-refractivity contribution is 7.99. The topological polar surface area (TPSA) is 115 Å². The van der Waals surface area contributed by atoms with Gasteiger partial charge in [-0.3, -0.25) is 14.3 Å². The summed E-state index contributed by atoms with van der Waals surface area (Å²) < 4.78 is 7.41. The van der Waals surface area contributed by atoms with E-state index in [0.29, 0.717) is 23.2 Å². The van der Waals surface area contributed by atoms with Crippen LogP contribution in [0.3, 0.4) is 0 Å². The van der Waals surface area contributed by atoms with Crippen LogP contribution in [0.1, 0.15) is 12.5 Å². The van der Waals surface area contributed by atoms with E-state index in [0.717, 1.165) is 17.0 Å². The average molecular weight is 475 g/mol. The van der Waals surface area contributed by atoms with Crippen LogP contribution in [0.5, 0.6) is 11.5 Å². The highest BCUT2D eigenvalue weighted by Gasteiger charge is 2.17. The van der Waals surface area contributed by atoms with E-state index in [4.69, 9.17) is 4.74 Å². The number of hydrogen-bond donors (Lipinski definition) is 2. The maximum absolute atomic E-state index is 12.3. The number of phenolic OH excluding ortho intramolecular Hbond substituents is 1. The lowest BCUT2D eigenvalue weighted by Gasteiger charge is -2.11. The van der Waals surface area contributed by atoms with Crippen LogP contribution in [0.15, 0.2) is 83.3 Å². The van der Waals surface area contributed by atoms with Crippen molar-refractivity contribution < 1.29 is 14.6 Å². The summed E-state index contributed by atoms with van der Waals surface area (Å²) in [5.74, 6) is 1.21. The summed E-state index contributed by atoms with van der Waals surface area (Å²) in [6, 6.07) is 18.0.